The maximum absolute atomic E-state index is 13.0. The minimum absolute atomic E-state index is 0.0255. The van der Waals surface area contributed by atoms with Crippen molar-refractivity contribution in [2.75, 3.05) is 31.3 Å². The van der Waals surface area contributed by atoms with Crippen LogP contribution in [0.3, 0.4) is 0 Å². The van der Waals surface area contributed by atoms with E-state index in [0.29, 0.717) is 31.0 Å². The zero-order valence-electron chi connectivity index (χ0n) is 17.1. The maximum Gasteiger partial charge on any atom is 0.248 e. The van der Waals surface area contributed by atoms with E-state index in [9.17, 15) is 18.0 Å². The summed E-state index contributed by atoms with van der Waals surface area (Å²) >= 11 is 1.60. The molecule has 29 heavy (non-hydrogen) atoms. The Morgan fingerprint density at radius 2 is 2.07 bits per heavy atom. The fourth-order valence-corrected chi connectivity index (χ4v) is 6.81. The number of hydrogen-bond acceptors (Lipinski definition) is 6. The van der Waals surface area contributed by atoms with Gasteiger partial charge in [0.05, 0.1) is 22.6 Å². The molecule has 2 aliphatic rings. The highest BCUT2D eigenvalue weighted by atomic mass is 32.2. The normalized spacial score (nSPS) is 24.1. The van der Waals surface area contributed by atoms with Crippen LogP contribution in [-0.4, -0.2) is 66.3 Å². The summed E-state index contributed by atoms with van der Waals surface area (Å²) in [6.45, 7) is 6.22. The quantitative estimate of drug-likeness (QED) is 0.696. The number of ether oxygens (including phenoxy) is 1. The highest BCUT2D eigenvalue weighted by molar-refractivity contribution is 8.01. The number of thioether (sulfide) groups is 1. The van der Waals surface area contributed by atoms with Gasteiger partial charge in [-0.3, -0.25) is 9.59 Å². The molecule has 2 atom stereocenters. The molecule has 1 N–H and O–H groups in total. The van der Waals surface area contributed by atoms with E-state index in [0.717, 1.165) is 6.42 Å². The number of methoxy groups -OCH3 is 1. The number of carbonyl (C=O) groups excluding carboxylic acids is 2. The Morgan fingerprint density at radius 3 is 2.69 bits per heavy atom. The first kappa shape index (κ1) is 21.9. The molecule has 2 saturated heterocycles. The molecule has 2 heterocycles. The first-order valence-corrected chi connectivity index (χ1v) is 12.1. The summed E-state index contributed by atoms with van der Waals surface area (Å²) in [5.41, 5.74) is 0.274. The van der Waals surface area contributed by atoms with Gasteiger partial charge in [-0.15, -0.1) is 11.8 Å². The molecule has 1 aromatic rings. The van der Waals surface area contributed by atoms with Crippen LogP contribution in [0.15, 0.2) is 23.1 Å². The van der Waals surface area contributed by atoms with Gasteiger partial charge in [0.1, 0.15) is 11.8 Å². The molecular formula is C19H27N3O5S2. The van der Waals surface area contributed by atoms with Gasteiger partial charge in [-0.1, -0.05) is 13.8 Å². The van der Waals surface area contributed by atoms with Gasteiger partial charge >= 0.3 is 0 Å². The Hall–Kier alpha value is -1.78. The van der Waals surface area contributed by atoms with Gasteiger partial charge in [-0.2, -0.15) is 4.31 Å². The van der Waals surface area contributed by atoms with Gasteiger partial charge in [0, 0.05) is 25.3 Å². The number of hydrogen-bond donors (Lipinski definition) is 1. The van der Waals surface area contributed by atoms with E-state index in [2.05, 4.69) is 5.32 Å². The zero-order chi connectivity index (χ0) is 21.4. The molecule has 0 bridgehead atoms. The number of rotatable bonds is 7. The van der Waals surface area contributed by atoms with Gasteiger partial charge in [0.25, 0.3) is 0 Å². The number of amides is 2. The molecule has 8 nitrogen and oxygen atoms in total. The topological polar surface area (TPSA) is 96.0 Å². The van der Waals surface area contributed by atoms with Crippen LogP contribution in [0.1, 0.15) is 33.6 Å². The van der Waals surface area contributed by atoms with Crippen molar-refractivity contribution in [1.82, 2.24) is 9.21 Å². The lowest BCUT2D eigenvalue weighted by Crippen LogP contribution is -2.48. The van der Waals surface area contributed by atoms with Crippen LogP contribution < -0.4 is 10.1 Å². The third-order valence-electron chi connectivity index (χ3n) is 5.52. The van der Waals surface area contributed by atoms with Crippen LogP contribution in [0, 0.1) is 0 Å². The summed E-state index contributed by atoms with van der Waals surface area (Å²) in [5.74, 6) is 0.501. The van der Waals surface area contributed by atoms with Crippen molar-refractivity contribution in [2.24, 2.45) is 0 Å². The lowest BCUT2D eigenvalue weighted by Gasteiger charge is -2.30. The number of nitrogens with zero attached hydrogens (tertiary/aromatic N) is 2. The molecule has 0 saturated carbocycles. The van der Waals surface area contributed by atoms with Crippen molar-refractivity contribution in [3.05, 3.63) is 18.2 Å². The second-order valence-corrected chi connectivity index (χ2v) is 10.6. The number of sulfonamides is 1. The second kappa shape index (κ2) is 8.16. The van der Waals surface area contributed by atoms with Gasteiger partial charge < -0.3 is 15.0 Å². The van der Waals surface area contributed by atoms with E-state index in [1.807, 2.05) is 6.92 Å². The molecule has 2 fully saturated rings. The monoisotopic (exact) mass is 441 g/mol. The average molecular weight is 442 g/mol. The van der Waals surface area contributed by atoms with E-state index in [1.165, 1.54) is 29.6 Å². The number of anilines is 1. The first-order valence-electron chi connectivity index (χ1n) is 9.63. The lowest BCUT2D eigenvalue weighted by atomic mass is 10.2. The summed E-state index contributed by atoms with van der Waals surface area (Å²) in [6, 6.07) is 3.82. The predicted octanol–water partition coefficient (Wildman–Crippen LogP) is 2.12. The fourth-order valence-electron chi connectivity index (χ4n) is 3.89. The van der Waals surface area contributed by atoms with Crippen molar-refractivity contribution >= 4 is 39.3 Å². The summed E-state index contributed by atoms with van der Waals surface area (Å²) in [6.07, 6.45) is 1.16. The highest BCUT2D eigenvalue weighted by Gasteiger charge is 2.53. The third-order valence-corrected chi connectivity index (χ3v) is 9.07. The Labute approximate surface area is 176 Å². The SMILES string of the molecule is CCN(CC)S(=O)(=O)c1ccc(OC)c(NC(=O)C2CSC3(C)CCC(=O)N23)c1. The zero-order valence-corrected chi connectivity index (χ0v) is 18.7. The second-order valence-electron chi connectivity index (χ2n) is 7.21. The molecule has 0 aliphatic carbocycles. The molecule has 2 aliphatic heterocycles. The van der Waals surface area contributed by atoms with Gasteiger partial charge in [-0.05, 0) is 31.5 Å². The standard InChI is InChI=1S/C19H27N3O5S2/c1-5-21(6-2)29(25,26)13-7-8-16(27-4)14(11-13)20-18(24)15-12-28-19(3)10-9-17(23)22(15)19/h7-8,11,15H,5-6,9-10,12H2,1-4H3,(H,20,24). The molecule has 2 unspecified atom stereocenters. The van der Waals surface area contributed by atoms with Crippen LogP contribution in [0.4, 0.5) is 5.69 Å². The van der Waals surface area contributed by atoms with Crippen molar-refractivity contribution in [3.63, 3.8) is 0 Å². The van der Waals surface area contributed by atoms with Gasteiger partial charge in [0.2, 0.25) is 21.8 Å². The first-order chi connectivity index (χ1) is 13.7. The van der Waals surface area contributed by atoms with Crippen molar-refractivity contribution in [1.29, 1.82) is 0 Å². The average Bonchev–Trinajstić information content (AvgIpc) is 3.18. The Bertz CT molecular complexity index is 916. The van der Waals surface area contributed by atoms with E-state index < -0.39 is 16.1 Å². The molecule has 3 rings (SSSR count). The summed E-state index contributed by atoms with van der Waals surface area (Å²) < 4.78 is 32.3. The van der Waals surface area contributed by atoms with Crippen LogP contribution in [0.25, 0.3) is 0 Å². The minimum Gasteiger partial charge on any atom is -0.495 e. The molecule has 1 aromatic carbocycles. The van der Waals surface area contributed by atoms with Crippen LogP contribution in [0.2, 0.25) is 0 Å². The largest absolute Gasteiger partial charge is 0.495 e. The number of nitrogens with one attached hydrogen (secondary N) is 1. The number of benzene rings is 1. The lowest BCUT2D eigenvalue weighted by molar-refractivity contribution is -0.135. The number of carbonyl (C=O) groups is 2. The summed E-state index contributed by atoms with van der Waals surface area (Å²) in [4.78, 5) is 26.7. The minimum atomic E-state index is -3.68. The van der Waals surface area contributed by atoms with Crippen molar-refractivity contribution in [2.45, 2.75) is 49.4 Å². The van der Waals surface area contributed by atoms with E-state index in [4.69, 9.17) is 4.74 Å². The molecule has 0 aromatic heterocycles. The Kier molecular flexibility index (Phi) is 6.16. The molecule has 2 amide bonds. The Morgan fingerprint density at radius 1 is 1.38 bits per heavy atom. The van der Waals surface area contributed by atoms with Gasteiger partial charge in [-0.25, -0.2) is 8.42 Å². The van der Waals surface area contributed by atoms with Crippen LogP contribution in [-0.2, 0) is 19.6 Å². The van der Waals surface area contributed by atoms with Crippen molar-refractivity contribution < 1.29 is 22.7 Å². The fraction of sp³-hybridized carbons (Fsp3) is 0.579. The molecule has 0 spiro atoms. The van der Waals surface area contributed by atoms with E-state index >= 15 is 0 Å². The smallest absolute Gasteiger partial charge is 0.248 e. The summed E-state index contributed by atoms with van der Waals surface area (Å²) in [5, 5.41) is 2.79. The maximum atomic E-state index is 13.0. The van der Waals surface area contributed by atoms with Gasteiger partial charge in [0.15, 0.2) is 0 Å². The molecular weight excluding hydrogens is 414 g/mol. The number of fused-ring (bicyclic) bond motifs is 1. The van der Waals surface area contributed by atoms with Crippen molar-refractivity contribution in [3.8, 4) is 5.75 Å². The van der Waals surface area contributed by atoms with Crippen LogP contribution in [0.5, 0.6) is 5.75 Å². The third kappa shape index (κ3) is 3.85. The van der Waals surface area contributed by atoms with E-state index in [1.54, 1.807) is 30.5 Å². The Balaban J connectivity index is 1.89. The highest BCUT2D eigenvalue weighted by Crippen LogP contribution is 2.47. The molecule has 160 valence electrons. The van der Waals surface area contributed by atoms with Crippen LogP contribution >= 0.6 is 11.8 Å². The summed E-state index contributed by atoms with van der Waals surface area (Å²) in [7, 11) is -2.22. The van der Waals surface area contributed by atoms with E-state index in [-0.39, 0.29) is 27.3 Å². The predicted molar refractivity (Wildman–Crippen MR) is 112 cm³/mol. The molecule has 0 radical (unpaired) electrons. The molecule has 10 heteroatoms.